The van der Waals surface area contributed by atoms with Crippen LogP contribution >= 0.6 is 34.2 Å². The molecule has 0 saturated heterocycles. The van der Waals surface area contributed by atoms with Crippen molar-refractivity contribution < 1.29 is 0 Å². The number of anilines is 1. The first-order chi connectivity index (χ1) is 9.10. The molecule has 0 aromatic heterocycles. The molecule has 0 spiro atoms. The first-order valence-corrected chi connectivity index (χ1v) is 7.27. The minimum Gasteiger partial charge on any atom is -0.378 e. The number of nitrogens with one attached hydrogen (secondary N) is 1. The molecule has 0 aliphatic carbocycles. The lowest BCUT2D eigenvalue weighted by atomic mass is 10.1. The second-order valence-corrected chi connectivity index (χ2v) is 5.88. The van der Waals surface area contributed by atoms with Gasteiger partial charge < -0.3 is 5.32 Å². The molecule has 4 heteroatoms. The Morgan fingerprint density at radius 3 is 2.47 bits per heavy atom. The molecule has 2 rings (SSSR count). The normalized spacial score (nSPS) is 11.7. The van der Waals surface area contributed by atoms with Crippen LogP contribution in [-0.2, 0) is 0 Å². The van der Waals surface area contributed by atoms with Crippen LogP contribution in [0.2, 0.25) is 5.02 Å². The number of rotatable bonds is 3. The average molecular weight is 383 g/mol. The summed E-state index contributed by atoms with van der Waals surface area (Å²) in [5.74, 6) is 0. The van der Waals surface area contributed by atoms with Gasteiger partial charge in [0.2, 0.25) is 0 Å². The highest BCUT2D eigenvalue weighted by molar-refractivity contribution is 14.1. The van der Waals surface area contributed by atoms with Crippen molar-refractivity contribution in [3.8, 4) is 6.07 Å². The maximum Gasteiger partial charge on any atom is 0.101 e. The van der Waals surface area contributed by atoms with Gasteiger partial charge in [0.1, 0.15) is 6.07 Å². The molecule has 0 heterocycles. The largest absolute Gasteiger partial charge is 0.378 e. The Morgan fingerprint density at radius 2 is 1.89 bits per heavy atom. The molecular weight excluding hydrogens is 371 g/mol. The monoisotopic (exact) mass is 382 g/mol. The lowest BCUT2D eigenvalue weighted by Crippen LogP contribution is -2.06. The summed E-state index contributed by atoms with van der Waals surface area (Å²) in [6.07, 6.45) is 0. The third-order valence-corrected chi connectivity index (χ3v) is 3.87. The van der Waals surface area contributed by atoms with Crippen LogP contribution in [0.15, 0.2) is 42.5 Å². The van der Waals surface area contributed by atoms with Crippen molar-refractivity contribution in [3.63, 3.8) is 0 Å². The second-order valence-electron chi connectivity index (χ2n) is 4.22. The molecule has 1 atom stereocenters. The summed E-state index contributed by atoms with van der Waals surface area (Å²) in [5.41, 5.74) is 2.62. The second kappa shape index (κ2) is 6.27. The number of hydrogen-bond acceptors (Lipinski definition) is 2. The highest BCUT2D eigenvalue weighted by atomic mass is 127. The van der Waals surface area contributed by atoms with Crippen LogP contribution in [0.25, 0.3) is 0 Å². The fraction of sp³-hybridized carbons (Fsp3) is 0.133. The Hall–Kier alpha value is -1.25. The molecule has 0 bridgehead atoms. The van der Waals surface area contributed by atoms with Gasteiger partial charge in [-0.25, -0.2) is 0 Å². The summed E-state index contributed by atoms with van der Waals surface area (Å²) in [6, 6.07) is 16.0. The summed E-state index contributed by atoms with van der Waals surface area (Å²) in [5, 5.41) is 12.7. The van der Waals surface area contributed by atoms with Gasteiger partial charge in [-0.3, -0.25) is 0 Å². The number of benzene rings is 2. The molecule has 2 nitrogen and oxygen atoms in total. The van der Waals surface area contributed by atoms with Crippen molar-refractivity contribution in [3.05, 3.63) is 62.2 Å². The van der Waals surface area contributed by atoms with E-state index in [1.54, 1.807) is 12.1 Å². The molecule has 0 radical (unpaired) electrons. The number of nitrogens with zero attached hydrogens (tertiary/aromatic N) is 1. The SMILES string of the molecule is CC(Nc1ccc(C#N)c(Cl)c1)c1ccc(I)cc1. The average Bonchev–Trinajstić information content (AvgIpc) is 2.39. The zero-order valence-corrected chi connectivity index (χ0v) is 13.2. The van der Waals surface area contributed by atoms with Gasteiger partial charge in [-0.1, -0.05) is 23.7 Å². The third kappa shape index (κ3) is 3.62. The van der Waals surface area contributed by atoms with E-state index in [2.05, 4.69) is 65.2 Å². The van der Waals surface area contributed by atoms with Gasteiger partial charge in [0.15, 0.2) is 0 Å². The number of hydrogen-bond donors (Lipinski definition) is 1. The van der Waals surface area contributed by atoms with Gasteiger partial charge in [-0.2, -0.15) is 5.26 Å². The molecule has 0 fully saturated rings. The number of nitriles is 1. The van der Waals surface area contributed by atoms with E-state index in [9.17, 15) is 0 Å². The van der Waals surface area contributed by atoms with Gasteiger partial charge in [-0.15, -0.1) is 0 Å². The van der Waals surface area contributed by atoms with E-state index in [0.717, 1.165) is 5.69 Å². The molecule has 2 aromatic carbocycles. The van der Waals surface area contributed by atoms with Crippen molar-refractivity contribution in [2.24, 2.45) is 0 Å². The minimum absolute atomic E-state index is 0.181. The van der Waals surface area contributed by atoms with E-state index < -0.39 is 0 Å². The van der Waals surface area contributed by atoms with Crippen LogP contribution < -0.4 is 5.32 Å². The Kier molecular flexibility index (Phi) is 4.67. The predicted octanol–water partition coefficient (Wildman–Crippen LogP) is 4.99. The maximum absolute atomic E-state index is 8.84. The van der Waals surface area contributed by atoms with Gasteiger partial charge in [0.05, 0.1) is 10.6 Å². The molecule has 1 N–H and O–H groups in total. The summed E-state index contributed by atoms with van der Waals surface area (Å²) in [7, 11) is 0. The van der Waals surface area contributed by atoms with Crippen molar-refractivity contribution >= 4 is 39.9 Å². The van der Waals surface area contributed by atoms with Crippen LogP contribution in [0.3, 0.4) is 0 Å². The summed E-state index contributed by atoms with van der Waals surface area (Å²) in [4.78, 5) is 0. The Labute approximate surface area is 131 Å². The van der Waals surface area contributed by atoms with Crippen LogP contribution in [0.1, 0.15) is 24.1 Å². The van der Waals surface area contributed by atoms with Gasteiger partial charge in [-0.05, 0) is 65.4 Å². The smallest absolute Gasteiger partial charge is 0.101 e. The van der Waals surface area contributed by atoms with E-state index in [4.69, 9.17) is 16.9 Å². The molecule has 0 aliphatic heterocycles. The van der Waals surface area contributed by atoms with Gasteiger partial charge in [0, 0.05) is 15.3 Å². The molecule has 2 aromatic rings. The summed E-state index contributed by atoms with van der Waals surface area (Å²) < 4.78 is 1.22. The van der Waals surface area contributed by atoms with Crippen LogP contribution in [0.4, 0.5) is 5.69 Å². The van der Waals surface area contributed by atoms with E-state index in [1.807, 2.05) is 6.07 Å². The van der Waals surface area contributed by atoms with Crippen molar-refractivity contribution in [2.75, 3.05) is 5.32 Å². The van der Waals surface area contributed by atoms with Gasteiger partial charge >= 0.3 is 0 Å². The Bertz CT molecular complexity index is 617. The molecule has 0 aliphatic rings. The predicted molar refractivity (Wildman–Crippen MR) is 87.4 cm³/mol. The lowest BCUT2D eigenvalue weighted by molar-refractivity contribution is 0.884. The first kappa shape index (κ1) is 14.2. The molecule has 19 heavy (non-hydrogen) atoms. The van der Waals surface area contributed by atoms with Gasteiger partial charge in [0.25, 0.3) is 0 Å². The van der Waals surface area contributed by atoms with Crippen molar-refractivity contribution in [1.82, 2.24) is 0 Å². The first-order valence-electron chi connectivity index (χ1n) is 5.82. The van der Waals surface area contributed by atoms with Crippen LogP contribution in [0, 0.1) is 14.9 Å². The zero-order valence-electron chi connectivity index (χ0n) is 10.3. The molecule has 96 valence electrons. The Balaban J connectivity index is 2.15. The van der Waals surface area contributed by atoms with Crippen LogP contribution in [-0.4, -0.2) is 0 Å². The van der Waals surface area contributed by atoms with E-state index in [0.29, 0.717) is 10.6 Å². The van der Waals surface area contributed by atoms with E-state index >= 15 is 0 Å². The lowest BCUT2D eigenvalue weighted by Gasteiger charge is -2.16. The quantitative estimate of drug-likeness (QED) is 0.759. The summed E-state index contributed by atoms with van der Waals surface area (Å²) >= 11 is 8.30. The van der Waals surface area contributed by atoms with Crippen molar-refractivity contribution in [1.29, 1.82) is 5.26 Å². The maximum atomic E-state index is 8.84. The van der Waals surface area contributed by atoms with E-state index in [1.165, 1.54) is 9.13 Å². The molecule has 0 amide bonds. The fourth-order valence-corrected chi connectivity index (χ4v) is 2.36. The molecule has 1 unspecified atom stereocenters. The molecular formula is C15H12ClIN2. The Morgan fingerprint density at radius 1 is 1.21 bits per heavy atom. The van der Waals surface area contributed by atoms with E-state index in [-0.39, 0.29) is 6.04 Å². The topological polar surface area (TPSA) is 35.8 Å². The van der Waals surface area contributed by atoms with Crippen molar-refractivity contribution in [2.45, 2.75) is 13.0 Å². The highest BCUT2D eigenvalue weighted by Crippen LogP contribution is 2.24. The standard InChI is InChI=1S/C15H12ClIN2/c1-10(11-2-5-13(17)6-3-11)19-14-7-4-12(9-18)15(16)8-14/h2-8,10,19H,1H3. The fourth-order valence-electron chi connectivity index (χ4n) is 1.78. The number of halogens is 2. The highest BCUT2D eigenvalue weighted by Gasteiger charge is 2.07. The third-order valence-electron chi connectivity index (χ3n) is 2.84. The minimum atomic E-state index is 0.181. The van der Waals surface area contributed by atoms with Crippen LogP contribution in [0.5, 0.6) is 0 Å². The zero-order chi connectivity index (χ0) is 13.8. The summed E-state index contributed by atoms with van der Waals surface area (Å²) in [6.45, 7) is 2.09. The molecule has 0 saturated carbocycles.